The molecule has 204 valence electrons. The van der Waals surface area contributed by atoms with Crippen LogP contribution in [0.15, 0.2) is 11.6 Å². The Bertz CT molecular complexity index is 620. The topological polar surface area (TPSA) is 83.8 Å². The average Bonchev–Trinajstić information content (AvgIpc) is 2.83. The Kier molecular flexibility index (Phi) is 17.5. The summed E-state index contributed by atoms with van der Waals surface area (Å²) in [6.45, 7) is 6.41. The van der Waals surface area contributed by atoms with Crippen molar-refractivity contribution in [3.8, 4) is 0 Å². The molecule has 1 aliphatic rings. The molecule has 6 heteroatoms. The fourth-order valence-electron chi connectivity index (χ4n) is 5.23. The van der Waals surface area contributed by atoms with E-state index in [2.05, 4.69) is 13.0 Å². The molecule has 0 spiro atoms. The number of carboxylic acid groups (broad SMARTS) is 1. The van der Waals surface area contributed by atoms with Crippen molar-refractivity contribution >= 4 is 23.7 Å². The predicted molar refractivity (Wildman–Crippen MR) is 147 cm³/mol. The fraction of sp³-hybridized carbons (Fsp3) is 0.862. The number of hydrogen-bond donors (Lipinski definition) is 2. The van der Waals surface area contributed by atoms with Crippen LogP contribution in [0.1, 0.15) is 130 Å². The molecule has 0 aliphatic heterocycles. The van der Waals surface area contributed by atoms with E-state index in [1.54, 1.807) is 18.7 Å². The minimum atomic E-state index is -0.852. The van der Waals surface area contributed by atoms with Gasteiger partial charge in [-0.1, -0.05) is 89.7 Å². The number of aliphatic carboxylic acids is 1. The third kappa shape index (κ3) is 12.7. The summed E-state index contributed by atoms with van der Waals surface area (Å²) in [6.07, 6.45) is 19.6. The lowest BCUT2D eigenvalue weighted by Gasteiger charge is -2.45. The van der Waals surface area contributed by atoms with Crippen LogP contribution in [0.3, 0.4) is 0 Å². The Morgan fingerprint density at radius 3 is 2.14 bits per heavy atom. The minimum Gasteiger partial charge on any atom is -0.481 e. The maximum Gasteiger partial charge on any atom is 0.306 e. The van der Waals surface area contributed by atoms with Gasteiger partial charge in [0.2, 0.25) is 0 Å². The molecular formula is C29H52O5S. The highest BCUT2D eigenvalue weighted by Gasteiger charge is 2.46. The van der Waals surface area contributed by atoms with Crippen LogP contribution in [0.25, 0.3) is 0 Å². The zero-order chi connectivity index (χ0) is 25.9. The molecular weight excluding hydrogens is 460 g/mol. The van der Waals surface area contributed by atoms with Crippen LogP contribution in [0.2, 0.25) is 0 Å². The Morgan fingerprint density at radius 2 is 1.60 bits per heavy atom. The minimum absolute atomic E-state index is 0.00845. The van der Waals surface area contributed by atoms with Gasteiger partial charge >= 0.3 is 11.9 Å². The van der Waals surface area contributed by atoms with Crippen molar-refractivity contribution in [1.82, 2.24) is 0 Å². The average molecular weight is 513 g/mol. The van der Waals surface area contributed by atoms with E-state index in [1.807, 2.05) is 6.92 Å². The van der Waals surface area contributed by atoms with Crippen molar-refractivity contribution in [3.05, 3.63) is 11.6 Å². The van der Waals surface area contributed by atoms with Crippen LogP contribution in [-0.2, 0) is 14.3 Å². The summed E-state index contributed by atoms with van der Waals surface area (Å²) in [5, 5.41) is 20.6. The smallest absolute Gasteiger partial charge is 0.306 e. The van der Waals surface area contributed by atoms with Gasteiger partial charge in [0.15, 0.2) is 0 Å². The highest BCUT2D eigenvalue weighted by molar-refractivity contribution is 8.00. The molecule has 0 aromatic heterocycles. The highest BCUT2D eigenvalue weighted by atomic mass is 32.2. The van der Waals surface area contributed by atoms with Crippen LogP contribution in [0.4, 0.5) is 0 Å². The van der Waals surface area contributed by atoms with Gasteiger partial charge in [0, 0.05) is 11.2 Å². The van der Waals surface area contributed by atoms with E-state index >= 15 is 0 Å². The van der Waals surface area contributed by atoms with Gasteiger partial charge in [0.1, 0.15) is 0 Å². The Hall–Kier alpha value is -1.01. The highest BCUT2D eigenvalue weighted by Crippen LogP contribution is 2.48. The molecule has 35 heavy (non-hydrogen) atoms. The van der Waals surface area contributed by atoms with E-state index in [9.17, 15) is 19.8 Å². The van der Waals surface area contributed by atoms with Gasteiger partial charge in [-0.25, -0.2) is 0 Å². The molecule has 0 saturated heterocycles. The first-order valence-electron chi connectivity index (χ1n) is 14.3. The van der Waals surface area contributed by atoms with Gasteiger partial charge in [-0.15, -0.1) is 0 Å². The largest absolute Gasteiger partial charge is 0.481 e. The first kappa shape index (κ1) is 32.0. The molecule has 0 bridgehead atoms. The van der Waals surface area contributed by atoms with Crippen LogP contribution >= 0.6 is 11.8 Å². The Labute approximate surface area is 218 Å². The van der Waals surface area contributed by atoms with Gasteiger partial charge < -0.3 is 14.9 Å². The number of hydrogen-bond acceptors (Lipinski definition) is 5. The van der Waals surface area contributed by atoms with Crippen molar-refractivity contribution in [2.75, 3.05) is 12.4 Å². The molecule has 1 fully saturated rings. The second kappa shape index (κ2) is 19.1. The molecule has 5 nitrogen and oxygen atoms in total. The normalized spacial score (nSPS) is 23.5. The number of ether oxygens (including phenoxy) is 1. The van der Waals surface area contributed by atoms with E-state index < -0.39 is 17.5 Å². The summed E-state index contributed by atoms with van der Waals surface area (Å²) >= 11 is 1.58. The third-order valence-electron chi connectivity index (χ3n) is 7.52. The Balaban J connectivity index is 2.53. The zero-order valence-electron chi connectivity index (χ0n) is 22.7. The maximum atomic E-state index is 11.8. The van der Waals surface area contributed by atoms with Crippen LogP contribution in [-0.4, -0.2) is 45.9 Å². The number of carboxylic acids is 1. The molecule has 0 radical (unpaired) electrons. The number of carbonyl (C=O) groups is 2. The fourth-order valence-corrected chi connectivity index (χ4v) is 6.66. The third-order valence-corrected chi connectivity index (χ3v) is 8.88. The summed E-state index contributed by atoms with van der Waals surface area (Å²) < 4.78 is 5.04. The van der Waals surface area contributed by atoms with E-state index in [0.29, 0.717) is 31.6 Å². The second-order valence-corrected chi connectivity index (χ2v) is 11.4. The lowest BCUT2D eigenvalue weighted by molar-refractivity contribution is -0.143. The molecule has 1 aliphatic carbocycles. The summed E-state index contributed by atoms with van der Waals surface area (Å²) in [5.74, 6) is -0.498. The first-order chi connectivity index (χ1) is 16.9. The van der Waals surface area contributed by atoms with E-state index in [1.165, 1.54) is 69.8 Å². The first-order valence-corrected chi connectivity index (χ1v) is 15.3. The van der Waals surface area contributed by atoms with Gasteiger partial charge in [0.25, 0.3) is 0 Å². The lowest BCUT2D eigenvalue weighted by Crippen LogP contribution is -2.47. The number of unbranched alkanes of at least 4 members (excludes halogenated alkanes) is 11. The monoisotopic (exact) mass is 512 g/mol. The van der Waals surface area contributed by atoms with Gasteiger partial charge in [0.05, 0.1) is 30.8 Å². The number of carbonyl (C=O) groups excluding carboxylic acids is 1. The van der Waals surface area contributed by atoms with Gasteiger partial charge in [-0.05, 0) is 39.0 Å². The predicted octanol–water partition coefficient (Wildman–Crippen LogP) is 7.69. The number of thioether (sulfide) groups is 1. The molecule has 1 saturated carbocycles. The lowest BCUT2D eigenvalue weighted by atomic mass is 9.66. The summed E-state index contributed by atoms with van der Waals surface area (Å²) in [7, 11) is 0. The van der Waals surface area contributed by atoms with E-state index in [-0.39, 0.29) is 17.6 Å². The van der Waals surface area contributed by atoms with Gasteiger partial charge in [-0.3, -0.25) is 9.59 Å². The summed E-state index contributed by atoms with van der Waals surface area (Å²) in [4.78, 5) is 23.3. The Morgan fingerprint density at radius 1 is 1.00 bits per heavy atom. The molecule has 0 heterocycles. The number of aliphatic hydroxyl groups is 1. The van der Waals surface area contributed by atoms with Crippen molar-refractivity contribution in [2.45, 2.75) is 141 Å². The van der Waals surface area contributed by atoms with Crippen molar-refractivity contribution < 1.29 is 24.5 Å². The molecule has 2 N–H and O–H groups in total. The van der Waals surface area contributed by atoms with Crippen molar-refractivity contribution in [3.63, 3.8) is 0 Å². The number of allylic oxidation sites excluding steroid dienone is 1. The summed E-state index contributed by atoms with van der Waals surface area (Å²) in [6, 6.07) is 0. The summed E-state index contributed by atoms with van der Waals surface area (Å²) in [5.41, 5.74) is 0.634. The molecule has 0 aromatic rings. The maximum absolute atomic E-state index is 11.8. The van der Waals surface area contributed by atoms with Crippen molar-refractivity contribution in [1.29, 1.82) is 0 Å². The van der Waals surface area contributed by atoms with Crippen LogP contribution in [0.5, 0.6) is 0 Å². The number of esters is 1. The number of aliphatic hydroxyl groups excluding tert-OH is 1. The van der Waals surface area contributed by atoms with E-state index in [4.69, 9.17) is 4.74 Å². The quantitative estimate of drug-likeness (QED) is 0.0988. The van der Waals surface area contributed by atoms with Crippen LogP contribution < -0.4 is 0 Å². The second-order valence-electron chi connectivity index (χ2n) is 10.2. The molecule has 0 unspecified atom stereocenters. The molecule has 0 amide bonds. The standard InChI is InChI=1S/C29H52O5S/c1-4-7-8-9-10-11-12-13-14-15-16-17-18-24-19-21-29(5-2,23-25(30)31)28(33)27(24)35-22-20-26(32)34-6-3/h18,27-28,33H,4-17,19-23H2,1-3H3,(H,30,31)/t27-,28+,29-/m1/s1. The zero-order valence-corrected chi connectivity index (χ0v) is 23.5. The van der Waals surface area contributed by atoms with E-state index in [0.717, 1.165) is 19.3 Å². The number of rotatable bonds is 20. The SMILES string of the molecule is CCCCCCCCCCCCCC=C1CC[C@](CC)(CC(=O)O)[C@@H](O)[C@@H]1SCCC(=O)OCC. The molecule has 3 atom stereocenters. The molecule has 1 rings (SSSR count). The van der Waals surface area contributed by atoms with Crippen LogP contribution in [0, 0.1) is 5.41 Å². The molecule has 0 aromatic carbocycles. The van der Waals surface area contributed by atoms with Crippen molar-refractivity contribution in [2.24, 2.45) is 5.41 Å². The van der Waals surface area contributed by atoms with Gasteiger partial charge in [-0.2, -0.15) is 11.8 Å².